The predicted octanol–water partition coefficient (Wildman–Crippen LogP) is 2.67. The van der Waals surface area contributed by atoms with Crippen molar-refractivity contribution in [2.24, 2.45) is 0 Å². The highest BCUT2D eigenvalue weighted by atomic mass is 79.9. The Balaban J connectivity index is 3.13. The van der Waals surface area contributed by atoms with Crippen LogP contribution in [0.1, 0.15) is 5.69 Å². The highest BCUT2D eigenvalue weighted by Gasteiger charge is 2.21. The van der Waals surface area contributed by atoms with E-state index in [4.69, 9.17) is 11.6 Å². The number of aryl methyl sites for hydroxylation is 1. The zero-order valence-corrected chi connectivity index (χ0v) is 10.7. The Morgan fingerprint density at radius 2 is 2.31 bits per heavy atom. The monoisotopic (exact) mass is 306 g/mol. The molecule has 0 spiro atoms. The summed E-state index contributed by atoms with van der Waals surface area (Å²) in [4.78, 5) is 17.7. The molecule has 1 N–H and O–H groups in total. The van der Waals surface area contributed by atoms with Gasteiger partial charge in [-0.3, -0.25) is 10.1 Å². The summed E-state index contributed by atoms with van der Waals surface area (Å²) in [6, 6.07) is 0. The third-order valence-corrected chi connectivity index (χ3v) is 2.11. The number of nitrogens with zero attached hydrogens (tertiary/aromatic N) is 3. The molecular weight excluding hydrogens is 299 g/mol. The third-order valence-electron chi connectivity index (χ3n) is 1.66. The van der Waals surface area contributed by atoms with Gasteiger partial charge in [-0.2, -0.15) is 4.98 Å². The molecule has 0 saturated heterocycles. The zero-order chi connectivity index (χ0) is 12.3. The van der Waals surface area contributed by atoms with Crippen LogP contribution in [0.4, 0.5) is 11.5 Å². The molecule has 0 atom stereocenters. The van der Waals surface area contributed by atoms with Crippen LogP contribution < -0.4 is 5.32 Å². The Morgan fingerprint density at radius 1 is 1.69 bits per heavy atom. The van der Waals surface area contributed by atoms with E-state index in [1.54, 1.807) is 0 Å². The van der Waals surface area contributed by atoms with Crippen LogP contribution in [-0.2, 0) is 0 Å². The summed E-state index contributed by atoms with van der Waals surface area (Å²) < 4.78 is 0.647. The average Bonchev–Trinajstić information content (AvgIpc) is 2.12. The summed E-state index contributed by atoms with van der Waals surface area (Å²) in [6.45, 7) is 5.41. The van der Waals surface area contributed by atoms with Gasteiger partial charge in [0.25, 0.3) is 0 Å². The normalized spacial score (nSPS) is 9.94. The molecule has 1 aromatic rings. The summed E-state index contributed by atoms with van der Waals surface area (Å²) in [5, 5.41) is 13.5. The maximum Gasteiger partial charge on any atom is 0.332 e. The molecule has 0 aliphatic heterocycles. The van der Waals surface area contributed by atoms with Gasteiger partial charge >= 0.3 is 5.69 Å². The van der Waals surface area contributed by atoms with Crippen molar-refractivity contribution in [3.8, 4) is 0 Å². The molecule has 0 fully saturated rings. The number of nitrogens with one attached hydrogen (secondary N) is 1. The molecule has 0 aliphatic rings. The minimum Gasteiger partial charge on any atom is -0.360 e. The van der Waals surface area contributed by atoms with E-state index in [0.717, 1.165) is 0 Å². The summed E-state index contributed by atoms with van der Waals surface area (Å²) in [7, 11) is 0. The second-order valence-corrected chi connectivity index (χ2v) is 4.36. The molecule has 0 aromatic carbocycles. The smallest absolute Gasteiger partial charge is 0.332 e. The van der Waals surface area contributed by atoms with Crippen LogP contribution in [0.2, 0.25) is 5.28 Å². The van der Waals surface area contributed by atoms with E-state index in [2.05, 4.69) is 37.8 Å². The van der Waals surface area contributed by atoms with E-state index in [9.17, 15) is 10.1 Å². The van der Waals surface area contributed by atoms with Gasteiger partial charge in [-0.15, -0.1) is 0 Å². The summed E-state index contributed by atoms with van der Waals surface area (Å²) in [5.41, 5.74) is 0.0332. The molecule has 1 heterocycles. The van der Waals surface area contributed by atoms with Gasteiger partial charge in [-0.05, 0) is 18.5 Å². The lowest BCUT2D eigenvalue weighted by molar-refractivity contribution is -0.385. The van der Waals surface area contributed by atoms with Crippen molar-refractivity contribution in [2.75, 3.05) is 11.9 Å². The Kier molecular flexibility index (Phi) is 4.19. The number of anilines is 1. The molecule has 16 heavy (non-hydrogen) atoms. The first kappa shape index (κ1) is 12.9. The first-order chi connectivity index (χ1) is 7.41. The van der Waals surface area contributed by atoms with Crippen molar-refractivity contribution in [1.82, 2.24) is 9.97 Å². The topological polar surface area (TPSA) is 81.0 Å². The number of aromatic nitrogens is 2. The highest BCUT2D eigenvalue weighted by Crippen LogP contribution is 2.26. The number of hydrogen-bond donors (Lipinski definition) is 1. The van der Waals surface area contributed by atoms with Gasteiger partial charge in [0.05, 0.1) is 4.92 Å². The maximum absolute atomic E-state index is 10.8. The van der Waals surface area contributed by atoms with Gasteiger partial charge < -0.3 is 5.32 Å². The van der Waals surface area contributed by atoms with Crippen LogP contribution in [0.5, 0.6) is 0 Å². The fourth-order valence-electron chi connectivity index (χ4n) is 1.05. The molecule has 0 amide bonds. The average molecular weight is 308 g/mol. The van der Waals surface area contributed by atoms with Crippen LogP contribution in [0.25, 0.3) is 0 Å². The largest absolute Gasteiger partial charge is 0.360 e. The zero-order valence-electron chi connectivity index (χ0n) is 8.33. The lowest BCUT2D eigenvalue weighted by atomic mass is 10.3. The van der Waals surface area contributed by atoms with Crippen LogP contribution in [0.15, 0.2) is 11.1 Å². The first-order valence-electron chi connectivity index (χ1n) is 4.17. The third kappa shape index (κ3) is 3.14. The highest BCUT2D eigenvalue weighted by molar-refractivity contribution is 9.11. The molecule has 1 aromatic heterocycles. The summed E-state index contributed by atoms with van der Waals surface area (Å²) >= 11 is 8.75. The van der Waals surface area contributed by atoms with Crippen LogP contribution in [0, 0.1) is 17.0 Å². The van der Waals surface area contributed by atoms with E-state index in [0.29, 0.717) is 11.0 Å². The van der Waals surface area contributed by atoms with Crippen LogP contribution in [0.3, 0.4) is 0 Å². The molecule has 0 aliphatic carbocycles. The lowest BCUT2D eigenvalue weighted by Gasteiger charge is -2.06. The van der Waals surface area contributed by atoms with Gasteiger partial charge in [0.15, 0.2) is 0 Å². The van der Waals surface area contributed by atoms with Crippen molar-refractivity contribution >= 4 is 39.0 Å². The van der Waals surface area contributed by atoms with E-state index in [-0.39, 0.29) is 22.5 Å². The number of halogens is 2. The lowest BCUT2D eigenvalue weighted by Crippen LogP contribution is -2.08. The van der Waals surface area contributed by atoms with E-state index < -0.39 is 4.92 Å². The Bertz CT molecular complexity index is 452. The van der Waals surface area contributed by atoms with E-state index in [1.165, 1.54) is 6.92 Å². The van der Waals surface area contributed by atoms with Gasteiger partial charge in [0, 0.05) is 11.0 Å². The molecule has 86 valence electrons. The standard InChI is InChI=1S/C8H8BrClN4O2/c1-4(9)3-11-7-6(14(15)16)5(2)12-8(10)13-7/h1,3H2,2H3,(H,11,12,13). The predicted molar refractivity (Wildman–Crippen MR) is 65.0 cm³/mol. The van der Waals surface area contributed by atoms with Crippen molar-refractivity contribution < 1.29 is 4.92 Å². The second kappa shape index (κ2) is 5.22. The fourth-order valence-corrected chi connectivity index (χ4v) is 1.41. The number of nitro groups is 1. The minimum absolute atomic E-state index is 0.0363. The Morgan fingerprint density at radius 3 is 2.81 bits per heavy atom. The number of rotatable bonds is 4. The van der Waals surface area contributed by atoms with Crippen molar-refractivity contribution in [3.63, 3.8) is 0 Å². The van der Waals surface area contributed by atoms with Gasteiger partial charge in [0.1, 0.15) is 5.69 Å². The fraction of sp³-hybridized carbons (Fsp3) is 0.250. The molecule has 0 unspecified atom stereocenters. The van der Waals surface area contributed by atoms with Crippen LogP contribution >= 0.6 is 27.5 Å². The molecule has 0 bridgehead atoms. The second-order valence-electron chi connectivity index (χ2n) is 2.90. The van der Waals surface area contributed by atoms with Gasteiger partial charge in [-0.25, -0.2) is 4.98 Å². The van der Waals surface area contributed by atoms with Crippen LogP contribution in [-0.4, -0.2) is 21.4 Å². The minimum atomic E-state index is -0.551. The van der Waals surface area contributed by atoms with Gasteiger partial charge in [-0.1, -0.05) is 22.5 Å². The van der Waals surface area contributed by atoms with E-state index in [1.807, 2.05) is 0 Å². The maximum atomic E-state index is 10.8. The number of hydrogen-bond acceptors (Lipinski definition) is 5. The summed E-state index contributed by atoms with van der Waals surface area (Å²) in [5.74, 6) is 0.0862. The Hall–Kier alpha value is -1.21. The molecule has 8 heteroatoms. The molecule has 0 radical (unpaired) electrons. The first-order valence-corrected chi connectivity index (χ1v) is 5.34. The quantitative estimate of drug-likeness (QED) is 0.525. The molecule has 6 nitrogen and oxygen atoms in total. The Labute approximate surface area is 105 Å². The van der Waals surface area contributed by atoms with Crippen molar-refractivity contribution in [2.45, 2.75) is 6.92 Å². The van der Waals surface area contributed by atoms with Crippen molar-refractivity contribution in [3.05, 3.63) is 32.2 Å². The molecule has 1 rings (SSSR count). The van der Waals surface area contributed by atoms with E-state index >= 15 is 0 Å². The van der Waals surface area contributed by atoms with Crippen molar-refractivity contribution in [1.29, 1.82) is 0 Å². The van der Waals surface area contributed by atoms with Gasteiger partial charge in [0.2, 0.25) is 11.1 Å². The molecule has 0 saturated carbocycles. The SMILES string of the molecule is C=C(Br)CNc1nc(Cl)nc(C)c1[N+](=O)[O-]. The molecular formula is C8H8BrClN4O2. The summed E-state index contributed by atoms with van der Waals surface area (Å²) in [6.07, 6.45) is 0.